The molecule has 0 saturated carbocycles. The lowest BCUT2D eigenvalue weighted by Gasteiger charge is -2.07. The Hall–Kier alpha value is -1.77. The number of halogens is 2. The Labute approximate surface area is 99.1 Å². The van der Waals surface area contributed by atoms with Gasteiger partial charge in [0.05, 0.1) is 0 Å². The molecule has 1 nitrogen and oxygen atoms in total. The van der Waals surface area contributed by atoms with Crippen molar-refractivity contribution in [2.24, 2.45) is 0 Å². The van der Waals surface area contributed by atoms with Crippen LogP contribution in [0.5, 0.6) is 0 Å². The van der Waals surface area contributed by atoms with Crippen LogP contribution in [-0.4, -0.2) is 4.98 Å². The zero-order valence-corrected chi connectivity index (χ0v) is 9.58. The second-order valence-corrected chi connectivity index (χ2v) is 4.00. The van der Waals surface area contributed by atoms with Gasteiger partial charge < -0.3 is 0 Å². The van der Waals surface area contributed by atoms with E-state index in [2.05, 4.69) is 4.98 Å². The van der Waals surface area contributed by atoms with Crippen LogP contribution in [0.4, 0.5) is 8.78 Å². The summed E-state index contributed by atoms with van der Waals surface area (Å²) < 4.78 is 26.9. The van der Waals surface area contributed by atoms with Crippen LogP contribution in [0.2, 0.25) is 0 Å². The molecule has 0 radical (unpaired) electrons. The molecule has 0 spiro atoms. The normalized spacial score (nSPS) is 10.5. The summed E-state index contributed by atoms with van der Waals surface area (Å²) in [5, 5.41) is 0. The number of benzene rings is 1. The zero-order valence-electron chi connectivity index (χ0n) is 9.58. The average molecular weight is 233 g/mol. The first-order valence-electron chi connectivity index (χ1n) is 5.51. The molecule has 0 aliphatic carbocycles. The predicted octanol–water partition coefficient (Wildman–Crippen LogP) is 3.45. The van der Waals surface area contributed by atoms with Crippen molar-refractivity contribution in [2.45, 2.75) is 19.8 Å². The summed E-state index contributed by atoms with van der Waals surface area (Å²) in [6, 6.07) is 6.29. The van der Waals surface area contributed by atoms with Crippen LogP contribution >= 0.6 is 0 Å². The molecule has 1 aromatic heterocycles. The molecule has 0 unspecified atom stereocenters. The number of aryl methyl sites for hydroxylation is 2. The SMILES string of the molecule is Cc1cccc(F)c1CCc1cnccc1F. The fraction of sp³-hybridized carbons (Fsp3) is 0.214. The summed E-state index contributed by atoms with van der Waals surface area (Å²) in [5.74, 6) is -0.511. The summed E-state index contributed by atoms with van der Waals surface area (Å²) in [5.41, 5.74) is 2.07. The van der Waals surface area contributed by atoms with Crippen LogP contribution in [0, 0.1) is 18.6 Å². The highest BCUT2D eigenvalue weighted by Gasteiger charge is 2.07. The Morgan fingerprint density at radius 3 is 2.59 bits per heavy atom. The fourth-order valence-electron chi connectivity index (χ4n) is 1.84. The molecule has 0 amide bonds. The van der Waals surface area contributed by atoms with Crippen LogP contribution in [0.1, 0.15) is 16.7 Å². The van der Waals surface area contributed by atoms with Crippen LogP contribution in [0.3, 0.4) is 0 Å². The Balaban J connectivity index is 2.16. The molecule has 1 heterocycles. The summed E-state index contributed by atoms with van der Waals surface area (Å²) >= 11 is 0. The van der Waals surface area contributed by atoms with Crippen LogP contribution in [0.25, 0.3) is 0 Å². The third-order valence-electron chi connectivity index (χ3n) is 2.84. The number of aromatic nitrogens is 1. The maximum absolute atomic E-state index is 13.5. The zero-order chi connectivity index (χ0) is 12.3. The lowest BCUT2D eigenvalue weighted by atomic mass is 10.0. The first-order valence-corrected chi connectivity index (χ1v) is 5.51. The van der Waals surface area contributed by atoms with Crippen molar-refractivity contribution in [2.75, 3.05) is 0 Å². The summed E-state index contributed by atoms with van der Waals surface area (Å²) in [6.07, 6.45) is 3.85. The van der Waals surface area contributed by atoms with E-state index >= 15 is 0 Å². The van der Waals surface area contributed by atoms with Gasteiger partial charge in [-0.15, -0.1) is 0 Å². The first-order chi connectivity index (χ1) is 8.18. The van der Waals surface area contributed by atoms with Crippen molar-refractivity contribution in [1.29, 1.82) is 0 Å². The van der Waals surface area contributed by atoms with E-state index < -0.39 is 0 Å². The number of hydrogen-bond donors (Lipinski definition) is 0. The van der Waals surface area contributed by atoms with E-state index in [-0.39, 0.29) is 11.6 Å². The minimum atomic E-state index is -0.283. The number of pyridine rings is 1. The molecule has 1 aromatic carbocycles. The Morgan fingerprint density at radius 1 is 1.06 bits per heavy atom. The summed E-state index contributed by atoms with van der Waals surface area (Å²) in [4.78, 5) is 3.87. The smallest absolute Gasteiger partial charge is 0.129 e. The van der Waals surface area contributed by atoms with Gasteiger partial charge in [0.1, 0.15) is 11.6 Å². The summed E-state index contributed by atoms with van der Waals surface area (Å²) in [6.45, 7) is 1.86. The van der Waals surface area contributed by atoms with Crippen molar-refractivity contribution >= 4 is 0 Å². The van der Waals surface area contributed by atoms with E-state index in [1.165, 1.54) is 24.5 Å². The van der Waals surface area contributed by atoms with E-state index in [1.807, 2.05) is 13.0 Å². The van der Waals surface area contributed by atoms with Gasteiger partial charge in [0.25, 0.3) is 0 Å². The van der Waals surface area contributed by atoms with E-state index in [1.54, 1.807) is 6.07 Å². The van der Waals surface area contributed by atoms with Gasteiger partial charge in [-0.25, -0.2) is 8.78 Å². The third kappa shape index (κ3) is 2.67. The van der Waals surface area contributed by atoms with Crippen molar-refractivity contribution in [3.63, 3.8) is 0 Å². The largest absolute Gasteiger partial charge is 0.264 e. The van der Waals surface area contributed by atoms with Gasteiger partial charge in [-0.3, -0.25) is 4.98 Å². The number of nitrogens with zero attached hydrogens (tertiary/aromatic N) is 1. The molecule has 17 heavy (non-hydrogen) atoms. The topological polar surface area (TPSA) is 12.9 Å². The van der Waals surface area contributed by atoms with E-state index in [4.69, 9.17) is 0 Å². The molecule has 0 aliphatic heterocycles. The highest BCUT2D eigenvalue weighted by atomic mass is 19.1. The van der Waals surface area contributed by atoms with Gasteiger partial charge in [0.15, 0.2) is 0 Å². The van der Waals surface area contributed by atoms with Gasteiger partial charge in [0.2, 0.25) is 0 Å². The van der Waals surface area contributed by atoms with E-state index in [0.29, 0.717) is 24.0 Å². The van der Waals surface area contributed by atoms with Crippen molar-refractivity contribution in [3.8, 4) is 0 Å². The van der Waals surface area contributed by atoms with Crippen LogP contribution < -0.4 is 0 Å². The lowest BCUT2D eigenvalue weighted by molar-refractivity contribution is 0.592. The molecule has 2 aromatic rings. The minimum absolute atomic E-state index is 0.228. The fourth-order valence-corrected chi connectivity index (χ4v) is 1.84. The second-order valence-electron chi connectivity index (χ2n) is 4.00. The lowest BCUT2D eigenvalue weighted by Crippen LogP contribution is -2.00. The monoisotopic (exact) mass is 233 g/mol. The van der Waals surface area contributed by atoms with Crippen molar-refractivity contribution in [1.82, 2.24) is 4.98 Å². The molecule has 3 heteroatoms. The molecule has 0 fully saturated rings. The number of hydrogen-bond acceptors (Lipinski definition) is 1. The Morgan fingerprint density at radius 2 is 1.88 bits per heavy atom. The highest BCUT2D eigenvalue weighted by molar-refractivity contribution is 5.28. The molecule has 88 valence electrons. The summed E-state index contributed by atoms with van der Waals surface area (Å²) in [7, 11) is 0. The van der Waals surface area contributed by atoms with Crippen LogP contribution in [0.15, 0.2) is 36.7 Å². The van der Waals surface area contributed by atoms with Gasteiger partial charge >= 0.3 is 0 Å². The molecule has 0 N–H and O–H groups in total. The predicted molar refractivity (Wildman–Crippen MR) is 62.7 cm³/mol. The third-order valence-corrected chi connectivity index (χ3v) is 2.84. The van der Waals surface area contributed by atoms with Gasteiger partial charge in [0, 0.05) is 18.0 Å². The molecule has 2 rings (SSSR count). The molecule has 0 atom stereocenters. The second kappa shape index (κ2) is 5.04. The maximum atomic E-state index is 13.5. The highest BCUT2D eigenvalue weighted by Crippen LogP contribution is 2.16. The van der Waals surface area contributed by atoms with E-state index in [0.717, 1.165) is 5.56 Å². The van der Waals surface area contributed by atoms with Gasteiger partial charge in [-0.2, -0.15) is 0 Å². The van der Waals surface area contributed by atoms with Gasteiger partial charge in [-0.1, -0.05) is 12.1 Å². The molecule has 0 saturated heterocycles. The quantitative estimate of drug-likeness (QED) is 0.791. The molecule has 0 bridgehead atoms. The Bertz CT molecular complexity index is 503. The average Bonchev–Trinajstić information content (AvgIpc) is 2.30. The molecular formula is C14H13F2N. The first kappa shape index (κ1) is 11.7. The number of rotatable bonds is 3. The molecule has 0 aliphatic rings. The van der Waals surface area contributed by atoms with E-state index in [9.17, 15) is 8.78 Å². The maximum Gasteiger partial charge on any atom is 0.129 e. The van der Waals surface area contributed by atoms with Crippen molar-refractivity contribution < 1.29 is 8.78 Å². The van der Waals surface area contributed by atoms with Crippen LogP contribution in [-0.2, 0) is 12.8 Å². The van der Waals surface area contributed by atoms with Gasteiger partial charge in [-0.05, 0) is 43.0 Å². The Kier molecular flexibility index (Phi) is 3.47. The minimum Gasteiger partial charge on any atom is -0.264 e. The standard InChI is InChI=1S/C14H13F2N/c1-10-3-2-4-14(16)12(10)6-5-11-9-17-8-7-13(11)15/h2-4,7-9H,5-6H2,1H3. The molecular weight excluding hydrogens is 220 g/mol. The van der Waals surface area contributed by atoms with Crippen molar-refractivity contribution in [3.05, 3.63) is 65.0 Å².